The summed E-state index contributed by atoms with van der Waals surface area (Å²) in [5, 5.41) is 18.5. The smallest absolute Gasteiger partial charge is 0.124 e. The van der Waals surface area contributed by atoms with Crippen LogP contribution in [0.2, 0.25) is 0 Å². The number of hydrogen-bond acceptors (Lipinski definition) is 4. The molecule has 0 atom stereocenters. The molecule has 0 radical (unpaired) electrons. The van der Waals surface area contributed by atoms with Gasteiger partial charge in [-0.2, -0.15) is 10.5 Å². The Morgan fingerprint density at radius 1 is 0.792 bits per heavy atom. The fraction of sp³-hybridized carbons (Fsp3) is 0.263. The largest absolute Gasteiger partial charge is 0.369 e. The summed E-state index contributed by atoms with van der Waals surface area (Å²) in [5.41, 5.74) is 2.75. The lowest BCUT2D eigenvalue weighted by atomic mass is 10.1. The molecule has 1 fully saturated rings. The molecule has 1 aliphatic rings. The zero-order chi connectivity index (χ0) is 16.9. The van der Waals surface area contributed by atoms with Crippen molar-refractivity contribution >= 4 is 11.4 Å². The van der Waals surface area contributed by atoms with Crippen LogP contribution in [0.1, 0.15) is 17.5 Å². The maximum Gasteiger partial charge on any atom is 0.124 e. The minimum atomic E-state index is -0.394. The first-order valence-electron chi connectivity index (χ1n) is 7.91. The molecule has 0 unspecified atom stereocenters. The van der Waals surface area contributed by atoms with E-state index < -0.39 is 5.82 Å². The summed E-state index contributed by atoms with van der Waals surface area (Å²) in [6.45, 7) is 3.12. The molecular formula is C19H17FN4. The van der Waals surface area contributed by atoms with E-state index in [0.717, 1.165) is 44.0 Å². The summed E-state index contributed by atoms with van der Waals surface area (Å²) in [7, 11) is 0. The summed E-state index contributed by atoms with van der Waals surface area (Å²) in [6.07, 6.45) is 0.905. The van der Waals surface area contributed by atoms with Crippen molar-refractivity contribution in [3.05, 3.63) is 59.4 Å². The van der Waals surface area contributed by atoms with Crippen LogP contribution >= 0.6 is 0 Å². The molecule has 0 amide bonds. The van der Waals surface area contributed by atoms with Crippen molar-refractivity contribution in [3.8, 4) is 12.1 Å². The Labute approximate surface area is 141 Å². The molecule has 0 N–H and O–H groups in total. The molecule has 24 heavy (non-hydrogen) atoms. The molecule has 2 aromatic rings. The third-order valence-corrected chi connectivity index (χ3v) is 4.28. The summed E-state index contributed by atoms with van der Waals surface area (Å²) >= 11 is 0. The first-order valence-corrected chi connectivity index (χ1v) is 7.91. The van der Waals surface area contributed by atoms with E-state index >= 15 is 0 Å². The topological polar surface area (TPSA) is 54.1 Å². The second kappa shape index (κ2) is 7.02. The zero-order valence-electron chi connectivity index (χ0n) is 13.2. The number of benzene rings is 2. The Hall–Kier alpha value is -3.05. The lowest BCUT2D eigenvalue weighted by Gasteiger charge is -2.26. The number of halogens is 1. The molecule has 1 aliphatic heterocycles. The van der Waals surface area contributed by atoms with Crippen LogP contribution in [-0.4, -0.2) is 26.2 Å². The van der Waals surface area contributed by atoms with E-state index in [1.165, 1.54) is 12.1 Å². The molecule has 2 aromatic carbocycles. The highest BCUT2D eigenvalue weighted by Crippen LogP contribution is 2.25. The van der Waals surface area contributed by atoms with Crippen molar-refractivity contribution in [1.82, 2.24) is 0 Å². The number of anilines is 2. The summed E-state index contributed by atoms with van der Waals surface area (Å²) in [5.74, 6) is -0.394. The molecule has 0 saturated carbocycles. The van der Waals surface area contributed by atoms with E-state index in [2.05, 4.69) is 21.9 Å². The Kier molecular flexibility index (Phi) is 4.63. The molecule has 0 spiro atoms. The SMILES string of the molecule is N#Cc1ccccc1N1CCCN(c2ccc(F)cc2C#N)CC1. The number of rotatable bonds is 2. The lowest BCUT2D eigenvalue weighted by molar-refractivity contribution is 0.627. The normalized spacial score (nSPS) is 14.6. The average Bonchev–Trinajstić information content (AvgIpc) is 2.87. The van der Waals surface area contributed by atoms with Crippen LogP contribution in [0.25, 0.3) is 0 Å². The van der Waals surface area contributed by atoms with Gasteiger partial charge in [-0.3, -0.25) is 0 Å². The average molecular weight is 320 g/mol. The molecule has 5 heteroatoms. The summed E-state index contributed by atoms with van der Waals surface area (Å²) in [4.78, 5) is 4.32. The van der Waals surface area contributed by atoms with Crippen LogP contribution in [0.3, 0.4) is 0 Å². The van der Waals surface area contributed by atoms with Crippen LogP contribution < -0.4 is 9.80 Å². The second-order valence-electron chi connectivity index (χ2n) is 5.73. The van der Waals surface area contributed by atoms with Gasteiger partial charge in [-0.25, -0.2) is 4.39 Å². The van der Waals surface area contributed by atoms with E-state index in [4.69, 9.17) is 0 Å². The third-order valence-electron chi connectivity index (χ3n) is 4.28. The van der Waals surface area contributed by atoms with Gasteiger partial charge in [0.2, 0.25) is 0 Å². The second-order valence-corrected chi connectivity index (χ2v) is 5.73. The van der Waals surface area contributed by atoms with Crippen molar-refractivity contribution in [2.75, 3.05) is 36.0 Å². The van der Waals surface area contributed by atoms with Gasteiger partial charge in [0.15, 0.2) is 0 Å². The van der Waals surface area contributed by atoms with Crippen molar-refractivity contribution in [3.63, 3.8) is 0 Å². The van der Waals surface area contributed by atoms with E-state index in [-0.39, 0.29) is 0 Å². The zero-order valence-corrected chi connectivity index (χ0v) is 13.2. The highest BCUT2D eigenvalue weighted by molar-refractivity contribution is 5.62. The van der Waals surface area contributed by atoms with Gasteiger partial charge in [-0.15, -0.1) is 0 Å². The Morgan fingerprint density at radius 3 is 2.08 bits per heavy atom. The number of nitriles is 2. The quantitative estimate of drug-likeness (QED) is 0.852. The molecule has 3 rings (SSSR count). The fourth-order valence-electron chi connectivity index (χ4n) is 3.12. The van der Waals surface area contributed by atoms with Crippen LogP contribution in [0.4, 0.5) is 15.8 Å². The molecule has 1 saturated heterocycles. The summed E-state index contributed by atoms with van der Waals surface area (Å²) < 4.78 is 13.3. The molecular weight excluding hydrogens is 303 g/mol. The van der Waals surface area contributed by atoms with E-state index in [0.29, 0.717) is 11.1 Å². The van der Waals surface area contributed by atoms with Gasteiger partial charge in [0.1, 0.15) is 18.0 Å². The van der Waals surface area contributed by atoms with Crippen molar-refractivity contribution in [1.29, 1.82) is 10.5 Å². The maximum absolute atomic E-state index is 13.3. The standard InChI is InChI=1S/C19H17FN4/c20-17-6-7-19(16(12-17)14-22)24-9-3-8-23(10-11-24)18-5-2-1-4-15(18)13-21/h1-2,4-7,12H,3,8-11H2. The number of nitrogens with zero attached hydrogens (tertiary/aromatic N) is 4. The first kappa shape index (κ1) is 15.8. The predicted octanol–water partition coefficient (Wildman–Crippen LogP) is 3.29. The van der Waals surface area contributed by atoms with Gasteiger partial charge in [0, 0.05) is 26.2 Å². The Balaban J connectivity index is 1.81. The van der Waals surface area contributed by atoms with Crippen LogP contribution in [0.15, 0.2) is 42.5 Å². The fourth-order valence-corrected chi connectivity index (χ4v) is 3.12. The minimum absolute atomic E-state index is 0.362. The van der Waals surface area contributed by atoms with Gasteiger partial charge in [0.05, 0.1) is 22.5 Å². The van der Waals surface area contributed by atoms with E-state index in [1.807, 2.05) is 24.3 Å². The van der Waals surface area contributed by atoms with Gasteiger partial charge >= 0.3 is 0 Å². The molecule has 0 aliphatic carbocycles. The van der Waals surface area contributed by atoms with Crippen LogP contribution in [0.5, 0.6) is 0 Å². The maximum atomic E-state index is 13.3. The number of para-hydroxylation sites is 1. The third kappa shape index (κ3) is 3.16. The van der Waals surface area contributed by atoms with Crippen LogP contribution in [0, 0.1) is 28.5 Å². The molecule has 0 bridgehead atoms. The van der Waals surface area contributed by atoms with E-state index in [9.17, 15) is 14.9 Å². The van der Waals surface area contributed by atoms with Gasteiger partial charge in [-0.1, -0.05) is 12.1 Å². The monoisotopic (exact) mass is 320 g/mol. The Bertz CT molecular complexity index is 819. The van der Waals surface area contributed by atoms with Gasteiger partial charge < -0.3 is 9.80 Å². The molecule has 120 valence electrons. The minimum Gasteiger partial charge on any atom is -0.369 e. The van der Waals surface area contributed by atoms with Crippen molar-refractivity contribution in [2.24, 2.45) is 0 Å². The highest BCUT2D eigenvalue weighted by atomic mass is 19.1. The molecule has 4 nitrogen and oxygen atoms in total. The van der Waals surface area contributed by atoms with Gasteiger partial charge in [-0.05, 0) is 36.8 Å². The van der Waals surface area contributed by atoms with E-state index in [1.54, 1.807) is 6.07 Å². The van der Waals surface area contributed by atoms with Crippen LogP contribution in [-0.2, 0) is 0 Å². The predicted molar refractivity (Wildman–Crippen MR) is 91.3 cm³/mol. The first-order chi connectivity index (χ1) is 11.7. The van der Waals surface area contributed by atoms with Crippen molar-refractivity contribution in [2.45, 2.75) is 6.42 Å². The van der Waals surface area contributed by atoms with Gasteiger partial charge in [0.25, 0.3) is 0 Å². The number of hydrogen-bond donors (Lipinski definition) is 0. The summed E-state index contributed by atoms with van der Waals surface area (Å²) in [6, 6.07) is 16.3. The lowest BCUT2D eigenvalue weighted by Crippen LogP contribution is -2.31. The molecule has 0 aromatic heterocycles. The Morgan fingerprint density at radius 2 is 1.42 bits per heavy atom. The van der Waals surface area contributed by atoms with Crippen molar-refractivity contribution < 1.29 is 4.39 Å². The molecule has 1 heterocycles. The highest BCUT2D eigenvalue weighted by Gasteiger charge is 2.19.